The van der Waals surface area contributed by atoms with E-state index in [9.17, 15) is 33.9 Å². The number of carboxylic acid groups (broad SMARTS) is 1. The van der Waals surface area contributed by atoms with Gasteiger partial charge in [-0.1, -0.05) is 72.6 Å². The third kappa shape index (κ3) is 13.6. The Balaban J connectivity index is 1.60. The molecular formula is C54H68O13. The summed E-state index contributed by atoms with van der Waals surface area (Å²) >= 11 is 0. The van der Waals surface area contributed by atoms with Crippen molar-refractivity contribution < 1.29 is 57.2 Å². The molecule has 1 aliphatic rings. The molecule has 0 saturated heterocycles. The number of fused-ring (bicyclic) bond motifs is 2. The molecule has 362 valence electrons. The lowest BCUT2D eigenvalue weighted by Gasteiger charge is -2.45. The number of hydrogen-bond donors (Lipinski definition) is 1. The lowest BCUT2D eigenvalue weighted by Crippen LogP contribution is -2.44. The third-order valence-corrected chi connectivity index (χ3v) is 13.0. The van der Waals surface area contributed by atoms with Gasteiger partial charge in [0.15, 0.2) is 16.9 Å². The fourth-order valence-corrected chi connectivity index (χ4v) is 9.31. The van der Waals surface area contributed by atoms with Crippen LogP contribution >= 0.6 is 0 Å². The number of rotatable bonds is 21. The van der Waals surface area contributed by atoms with Crippen LogP contribution in [-0.4, -0.2) is 40.6 Å². The van der Waals surface area contributed by atoms with Crippen molar-refractivity contribution in [3.8, 4) is 40.1 Å². The Morgan fingerprint density at radius 2 is 1.34 bits per heavy atom. The molecule has 0 bridgehead atoms. The quantitative estimate of drug-likeness (QED) is 0.0616. The number of hydrogen-bond acceptors (Lipinski definition) is 12. The molecule has 1 aromatic heterocycles. The van der Waals surface area contributed by atoms with E-state index < -0.39 is 46.8 Å². The largest absolute Gasteiger partial charge is 0.486 e. The monoisotopic (exact) mass is 924 g/mol. The molecule has 3 aromatic carbocycles. The van der Waals surface area contributed by atoms with E-state index >= 15 is 0 Å². The van der Waals surface area contributed by atoms with Gasteiger partial charge in [0.05, 0.1) is 18.2 Å². The predicted molar refractivity (Wildman–Crippen MR) is 255 cm³/mol. The number of carbonyl (C=O) groups excluding carboxylic acids is 4. The molecule has 4 aromatic rings. The highest BCUT2D eigenvalue weighted by molar-refractivity contribution is 5.86. The van der Waals surface area contributed by atoms with Crippen LogP contribution in [0, 0.1) is 38.5 Å². The summed E-state index contributed by atoms with van der Waals surface area (Å²) in [5.41, 5.74) is 2.58. The highest BCUT2D eigenvalue weighted by Gasteiger charge is 2.45. The van der Waals surface area contributed by atoms with E-state index in [0.29, 0.717) is 58.4 Å². The van der Waals surface area contributed by atoms with Gasteiger partial charge < -0.3 is 33.2 Å². The Morgan fingerprint density at radius 3 is 1.96 bits per heavy atom. The van der Waals surface area contributed by atoms with Crippen molar-refractivity contribution in [3.05, 3.63) is 74.4 Å². The van der Waals surface area contributed by atoms with Crippen molar-refractivity contribution in [1.29, 1.82) is 0 Å². The topological polar surface area (TPSA) is 182 Å². The van der Waals surface area contributed by atoms with Gasteiger partial charge in [-0.15, -0.1) is 0 Å². The fourth-order valence-electron chi connectivity index (χ4n) is 9.31. The summed E-state index contributed by atoms with van der Waals surface area (Å²) in [5.74, 6) is -1.08. The van der Waals surface area contributed by atoms with E-state index in [4.69, 9.17) is 28.1 Å². The molecule has 13 heteroatoms. The first-order valence-electron chi connectivity index (χ1n) is 23.6. The van der Waals surface area contributed by atoms with Crippen molar-refractivity contribution in [3.63, 3.8) is 0 Å². The molecule has 1 N–H and O–H groups in total. The molecule has 5 rings (SSSR count). The number of ether oxygens (including phenoxy) is 5. The highest BCUT2D eigenvalue weighted by atomic mass is 16.6. The highest BCUT2D eigenvalue weighted by Crippen LogP contribution is 2.52. The summed E-state index contributed by atoms with van der Waals surface area (Å²) in [7, 11) is 0. The predicted octanol–water partition coefficient (Wildman–Crippen LogP) is 11.8. The molecule has 0 radical (unpaired) electrons. The van der Waals surface area contributed by atoms with Gasteiger partial charge in [-0.25, -0.2) is 0 Å². The van der Waals surface area contributed by atoms with Crippen LogP contribution in [-0.2, 0) is 30.4 Å². The summed E-state index contributed by atoms with van der Waals surface area (Å²) in [6.07, 6.45) is 9.37. The first kappa shape index (κ1) is 52.0. The molecule has 13 nitrogen and oxygen atoms in total. The molecule has 0 saturated carbocycles. The van der Waals surface area contributed by atoms with E-state index in [1.54, 1.807) is 12.1 Å². The van der Waals surface area contributed by atoms with Gasteiger partial charge in [0.2, 0.25) is 0 Å². The van der Waals surface area contributed by atoms with Gasteiger partial charge in [-0.05, 0) is 111 Å². The molecule has 1 aliphatic heterocycles. The zero-order chi connectivity index (χ0) is 49.3. The Morgan fingerprint density at radius 1 is 0.731 bits per heavy atom. The zero-order valence-electron chi connectivity index (χ0n) is 41.1. The minimum Gasteiger partial charge on any atom is -0.486 e. The summed E-state index contributed by atoms with van der Waals surface area (Å²) in [4.78, 5) is 75.2. The second kappa shape index (κ2) is 22.7. The van der Waals surface area contributed by atoms with Crippen molar-refractivity contribution >= 4 is 40.8 Å². The number of carboxylic acids is 1. The van der Waals surface area contributed by atoms with E-state index in [2.05, 4.69) is 34.6 Å². The minimum atomic E-state index is -1.11. The minimum absolute atomic E-state index is 0.00121. The van der Waals surface area contributed by atoms with E-state index in [1.807, 2.05) is 20.8 Å². The average Bonchev–Trinajstić information content (AvgIpc) is 3.23. The van der Waals surface area contributed by atoms with Gasteiger partial charge in [0, 0.05) is 49.9 Å². The Bertz CT molecular complexity index is 2550. The number of aliphatic carboxylic acids is 1. The van der Waals surface area contributed by atoms with Crippen LogP contribution in [0.2, 0.25) is 0 Å². The average molecular weight is 925 g/mol. The van der Waals surface area contributed by atoms with Crippen LogP contribution in [0.15, 0.2) is 45.6 Å². The lowest BCUT2D eigenvalue weighted by atomic mass is 9.72. The van der Waals surface area contributed by atoms with Crippen LogP contribution in [0.3, 0.4) is 0 Å². The number of carbonyl (C=O) groups is 5. The zero-order valence-corrected chi connectivity index (χ0v) is 41.1. The van der Waals surface area contributed by atoms with Crippen LogP contribution in [0.4, 0.5) is 0 Å². The number of benzene rings is 3. The smallest absolute Gasteiger partial charge is 0.311 e. The first-order chi connectivity index (χ1) is 31.6. The van der Waals surface area contributed by atoms with Crippen molar-refractivity contribution in [2.45, 2.75) is 165 Å². The maximum atomic E-state index is 14.6. The molecule has 0 spiro atoms. The number of esters is 4. The molecular weight excluding hydrogens is 857 g/mol. The van der Waals surface area contributed by atoms with Crippen molar-refractivity contribution in [2.75, 3.05) is 0 Å². The van der Waals surface area contributed by atoms with Crippen LogP contribution < -0.4 is 29.1 Å². The van der Waals surface area contributed by atoms with Crippen molar-refractivity contribution in [1.82, 2.24) is 0 Å². The Hall–Kier alpha value is -5.98. The summed E-state index contributed by atoms with van der Waals surface area (Å²) in [6.45, 7) is 20.6. The fraction of sp³-hybridized carbons (Fsp3) is 0.519. The Labute approximate surface area is 393 Å². The van der Waals surface area contributed by atoms with Gasteiger partial charge in [-0.3, -0.25) is 28.8 Å². The molecule has 4 unspecified atom stereocenters. The van der Waals surface area contributed by atoms with Gasteiger partial charge in [0.25, 0.3) is 0 Å². The van der Waals surface area contributed by atoms with Crippen LogP contribution in [0.25, 0.3) is 22.3 Å². The van der Waals surface area contributed by atoms with E-state index in [0.717, 1.165) is 36.3 Å². The Kier molecular flexibility index (Phi) is 17.6. The van der Waals surface area contributed by atoms with E-state index in [1.165, 1.54) is 77.1 Å². The molecule has 0 amide bonds. The first-order valence-corrected chi connectivity index (χ1v) is 23.6. The third-order valence-electron chi connectivity index (χ3n) is 13.0. The summed E-state index contributed by atoms with van der Waals surface area (Å²) in [5, 5.41) is 9.46. The SMILES string of the molecule is CC(=O)Oc1cc(C2Cc3c(C)c(OC(=O)CCC(=O)O)c(C)c(C)c3OC2(C)CCCC(C)CCCC(C)CCCC(C)C)c2c(=O)cc(-c3ccc(OC(C)=O)c(OC(C)=O)c3)oc2c1. The molecule has 67 heavy (non-hydrogen) atoms. The van der Waals surface area contributed by atoms with Gasteiger partial charge in [0.1, 0.15) is 34.2 Å². The molecule has 4 atom stereocenters. The molecule has 0 fully saturated rings. The second-order valence-corrected chi connectivity index (χ2v) is 19.2. The molecule has 0 aliphatic carbocycles. The van der Waals surface area contributed by atoms with Crippen LogP contribution in [0.5, 0.6) is 28.7 Å². The second-order valence-electron chi connectivity index (χ2n) is 19.2. The maximum Gasteiger partial charge on any atom is 0.311 e. The molecule has 2 heterocycles. The van der Waals surface area contributed by atoms with Gasteiger partial charge >= 0.3 is 29.8 Å². The van der Waals surface area contributed by atoms with E-state index in [-0.39, 0.29) is 46.8 Å². The normalized spacial score (nSPS) is 16.4. The van der Waals surface area contributed by atoms with Gasteiger partial charge in [-0.2, -0.15) is 0 Å². The maximum absolute atomic E-state index is 14.6. The summed E-state index contributed by atoms with van der Waals surface area (Å²) < 4.78 is 35.9. The lowest BCUT2D eigenvalue weighted by molar-refractivity contribution is -0.142. The standard InChI is InChI=1S/C54H68O13/c1-30(2)15-12-16-31(3)17-13-18-32(4)19-14-24-54(11)43(28-41-35(7)52(33(5)34(6)53(41)67-54)66-50(61)23-22-49(59)60)42-26-40(62-36(8)55)27-48-51(42)44(58)29-46(65-48)39-20-21-45(63-37(9)56)47(25-39)64-38(10)57/h20-21,25-27,29-32,43H,12-19,22-24,28H2,1-11H3,(H,59,60). The van der Waals surface area contributed by atoms with Crippen molar-refractivity contribution in [2.24, 2.45) is 17.8 Å². The summed E-state index contributed by atoms with van der Waals surface area (Å²) in [6, 6.07) is 8.94. The van der Waals surface area contributed by atoms with Crippen LogP contribution in [0.1, 0.15) is 160 Å².